The van der Waals surface area contributed by atoms with Crippen LogP contribution in [-0.4, -0.2) is 19.8 Å². The number of nitrogens with zero attached hydrogens (tertiary/aromatic N) is 1. The molecule has 0 bridgehead atoms. The average Bonchev–Trinajstić information content (AvgIpc) is 2.48. The van der Waals surface area contributed by atoms with Crippen LogP contribution in [0.4, 0.5) is 5.69 Å². The zero-order chi connectivity index (χ0) is 9.42. The van der Waals surface area contributed by atoms with E-state index in [0.29, 0.717) is 9.65 Å². The molecule has 0 saturated heterocycles. The van der Waals surface area contributed by atoms with Gasteiger partial charge in [0.1, 0.15) is 0 Å². The van der Waals surface area contributed by atoms with Gasteiger partial charge < -0.3 is 0 Å². The molecule has 0 saturated carbocycles. The molecule has 13 heavy (non-hydrogen) atoms. The van der Waals surface area contributed by atoms with E-state index >= 15 is 0 Å². The van der Waals surface area contributed by atoms with Crippen LogP contribution in [0.2, 0.25) is 0 Å². The summed E-state index contributed by atoms with van der Waals surface area (Å²) in [5.41, 5.74) is -0.484. The maximum absolute atomic E-state index is 11.0. The Morgan fingerprint density at radius 2 is 2.23 bits per heavy atom. The van der Waals surface area contributed by atoms with Crippen LogP contribution in [0.25, 0.3) is 9.65 Å². The molecule has 0 aliphatic carbocycles. The molecule has 0 N–H and O–H groups in total. The molecule has 0 aliphatic heterocycles. The number of nitro benzene ring substituents is 1. The molecule has 0 radical (unpaired) electrons. The van der Waals surface area contributed by atoms with Crippen molar-refractivity contribution < 1.29 is 8.40 Å². The van der Waals surface area contributed by atoms with Gasteiger partial charge in [0, 0.05) is 0 Å². The fourth-order valence-corrected chi connectivity index (χ4v) is 2.55. The molecular formula is C7H3NO4Se. The standard InChI is InChI=1S/C7H3NO4Se/c9-7-4-2-1-3-5(8(10)11)6(4)13-12-7/h1-3H. The number of non-ortho nitro benzene ring substituents is 1. The first kappa shape index (κ1) is 8.22. The summed E-state index contributed by atoms with van der Waals surface area (Å²) >= 11 is -0.546. The van der Waals surface area contributed by atoms with Crippen LogP contribution in [0.3, 0.4) is 0 Å². The predicted molar refractivity (Wildman–Crippen MR) is 46.1 cm³/mol. The topological polar surface area (TPSA) is 73.3 Å². The van der Waals surface area contributed by atoms with Gasteiger partial charge in [-0.25, -0.2) is 0 Å². The molecule has 1 heterocycles. The van der Waals surface area contributed by atoms with E-state index in [2.05, 4.69) is 0 Å². The van der Waals surface area contributed by atoms with Gasteiger partial charge in [-0.2, -0.15) is 0 Å². The Bertz CT molecular complexity index is 527. The Kier molecular flexibility index (Phi) is 1.79. The number of fused-ring (bicyclic) bond motifs is 1. The monoisotopic (exact) mass is 245 g/mol. The molecule has 0 fully saturated rings. The van der Waals surface area contributed by atoms with Crippen molar-refractivity contribution in [2.45, 2.75) is 0 Å². The first-order valence-electron chi connectivity index (χ1n) is 3.36. The second-order valence-electron chi connectivity index (χ2n) is 2.37. The van der Waals surface area contributed by atoms with E-state index in [1.807, 2.05) is 0 Å². The quantitative estimate of drug-likeness (QED) is 0.421. The normalized spacial score (nSPS) is 10.5. The van der Waals surface area contributed by atoms with Crippen LogP contribution in [0.15, 0.2) is 26.5 Å². The molecule has 66 valence electrons. The fraction of sp³-hybridized carbons (Fsp3) is 0. The van der Waals surface area contributed by atoms with E-state index in [0.717, 1.165) is 0 Å². The third-order valence-electron chi connectivity index (χ3n) is 1.61. The number of hydrogen-bond acceptors (Lipinski definition) is 4. The molecule has 0 unspecified atom stereocenters. The molecule has 2 aromatic rings. The minimum atomic E-state index is -0.546. The van der Waals surface area contributed by atoms with Gasteiger partial charge in [0.05, 0.1) is 0 Å². The Hall–Kier alpha value is -1.39. The zero-order valence-corrected chi connectivity index (χ0v) is 7.93. The SMILES string of the molecule is O=c1o[se]c2c([N+](=O)[O-])cccc12. The van der Waals surface area contributed by atoms with Gasteiger partial charge in [0.15, 0.2) is 0 Å². The Balaban J connectivity index is 2.92. The predicted octanol–water partition coefficient (Wildman–Crippen LogP) is 0.758. The summed E-state index contributed by atoms with van der Waals surface area (Å²) in [6, 6.07) is 4.40. The molecule has 0 atom stereocenters. The Morgan fingerprint density at radius 1 is 1.46 bits per heavy atom. The van der Waals surface area contributed by atoms with Gasteiger partial charge in [0.25, 0.3) is 0 Å². The number of rotatable bonds is 1. The molecule has 1 aromatic heterocycles. The summed E-state index contributed by atoms with van der Waals surface area (Å²) in [7, 11) is 0. The van der Waals surface area contributed by atoms with Crippen molar-refractivity contribution in [3.8, 4) is 0 Å². The summed E-state index contributed by atoms with van der Waals surface area (Å²) in [5, 5.41) is 10.8. The summed E-state index contributed by atoms with van der Waals surface area (Å²) in [6.45, 7) is 0. The Labute approximate surface area is 77.8 Å². The van der Waals surface area contributed by atoms with E-state index in [9.17, 15) is 14.9 Å². The van der Waals surface area contributed by atoms with Gasteiger partial charge in [-0.05, 0) is 0 Å². The van der Waals surface area contributed by atoms with Crippen molar-refractivity contribution in [3.05, 3.63) is 38.7 Å². The van der Waals surface area contributed by atoms with Crippen molar-refractivity contribution in [2.75, 3.05) is 0 Å². The van der Waals surface area contributed by atoms with Crippen LogP contribution < -0.4 is 5.63 Å². The van der Waals surface area contributed by atoms with E-state index in [-0.39, 0.29) is 5.69 Å². The van der Waals surface area contributed by atoms with Crippen LogP contribution in [0, 0.1) is 10.1 Å². The Morgan fingerprint density at radius 3 is 2.92 bits per heavy atom. The molecular weight excluding hydrogens is 241 g/mol. The van der Waals surface area contributed by atoms with Crippen LogP contribution >= 0.6 is 0 Å². The molecule has 2 rings (SSSR count). The molecule has 1 aromatic carbocycles. The summed E-state index contributed by atoms with van der Waals surface area (Å²) in [5.74, 6) is 0. The number of hydrogen-bond donors (Lipinski definition) is 0. The van der Waals surface area contributed by atoms with Crippen molar-refractivity contribution in [1.82, 2.24) is 0 Å². The third-order valence-corrected chi connectivity index (χ3v) is 3.35. The van der Waals surface area contributed by atoms with Crippen LogP contribution in [0.1, 0.15) is 0 Å². The van der Waals surface area contributed by atoms with Crippen molar-refractivity contribution in [3.63, 3.8) is 0 Å². The van der Waals surface area contributed by atoms with E-state index in [1.54, 1.807) is 6.07 Å². The van der Waals surface area contributed by atoms with E-state index in [4.69, 9.17) is 3.48 Å². The molecule has 0 aliphatic rings. The number of nitro groups is 1. The van der Waals surface area contributed by atoms with Crippen LogP contribution in [-0.2, 0) is 0 Å². The molecule has 0 amide bonds. The average molecular weight is 244 g/mol. The van der Waals surface area contributed by atoms with Crippen molar-refractivity contribution >= 4 is 30.2 Å². The van der Waals surface area contributed by atoms with Gasteiger partial charge in [-0.1, -0.05) is 0 Å². The maximum atomic E-state index is 11.0. The first-order chi connectivity index (χ1) is 6.20. The fourth-order valence-electron chi connectivity index (χ4n) is 1.04. The molecule has 6 heteroatoms. The second-order valence-corrected chi connectivity index (χ2v) is 3.92. The van der Waals surface area contributed by atoms with E-state index < -0.39 is 25.4 Å². The van der Waals surface area contributed by atoms with Gasteiger partial charge >= 0.3 is 77.3 Å². The van der Waals surface area contributed by atoms with Crippen molar-refractivity contribution in [2.24, 2.45) is 0 Å². The first-order valence-corrected chi connectivity index (χ1v) is 4.92. The third kappa shape index (κ3) is 1.20. The summed E-state index contributed by atoms with van der Waals surface area (Å²) < 4.78 is 5.17. The van der Waals surface area contributed by atoms with E-state index in [1.165, 1.54) is 12.1 Å². The molecule has 5 nitrogen and oxygen atoms in total. The minimum absolute atomic E-state index is 0.0247. The van der Waals surface area contributed by atoms with Crippen LogP contribution in [0.5, 0.6) is 0 Å². The number of benzene rings is 1. The molecule has 0 spiro atoms. The zero-order valence-electron chi connectivity index (χ0n) is 6.22. The summed E-state index contributed by atoms with van der Waals surface area (Å²) in [6.07, 6.45) is 0. The van der Waals surface area contributed by atoms with Gasteiger partial charge in [-0.15, -0.1) is 0 Å². The van der Waals surface area contributed by atoms with Gasteiger partial charge in [0.2, 0.25) is 0 Å². The second kappa shape index (κ2) is 2.83. The van der Waals surface area contributed by atoms with Crippen molar-refractivity contribution in [1.29, 1.82) is 0 Å². The van der Waals surface area contributed by atoms with Gasteiger partial charge in [-0.3, -0.25) is 0 Å². The summed E-state index contributed by atoms with van der Waals surface area (Å²) in [4.78, 5) is 21.0.